The number of carboxylic acid groups (broad SMARTS) is 1. The van der Waals surface area contributed by atoms with Crippen LogP contribution in [0.1, 0.15) is 19.4 Å². The number of aldehydes is 1. The summed E-state index contributed by atoms with van der Waals surface area (Å²) in [6, 6.07) is 9.20. The fraction of sp³-hybridized carbons (Fsp3) is 0.105. The molecule has 25 heavy (non-hydrogen) atoms. The molecule has 1 aromatic carbocycles. The highest BCUT2D eigenvalue weighted by molar-refractivity contribution is 8.00. The van der Waals surface area contributed by atoms with Gasteiger partial charge in [-0.15, -0.1) is 0 Å². The second-order valence-electron chi connectivity index (χ2n) is 4.87. The quantitative estimate of drug-likeness (QED) is 0.134. The van der Waals surface area contributed by atoms with Gasteiger partial charge >= 0.3 is 5.97 Å². The van der Waals surface area contributed by atoms with Crippen LogP contribution < -0.4 is 4.83 Å². The van der Waals surface area contributed by atoms with Crippen molar-refractivity contribution in [1.29, 1.82) is 0 Å². The molecule has 6 heteroatoms. The molecular formula is C19H20N2O3S. The van der Waals surface area contributed by atoms with Crippen molar-refractivity contribution in [3.63, 3.8) is 0 Å². The monoisotopic (exact) mass is 356 g/mol. The molecule has 0 atom stereocenters. The fourth-order valence-corrected chi connectivity index (χ4v) is 2.26. The van der Waals surface area contributed by atoms with E-state index >= 15 is 0 Å². The number of carbonyl (C=O) groups is 2. The SMILES string of the molecule is C\C=C/C(C)=C\C(C=O)=C\SN/N=C(\C=C\C(=O)O)c1ccccc1. The fourth-order valence-electron chi connectivity index (χ4n) is 1.80. The molecule has 0 saturated heterocycles. The maximum atomic E-state index is 11.1. The number of allylic oxidation sites excluding steroid dienone is 6. The molecule has 0 aliphatic carbocycles. The molecule has 2 N–H and O–H groups in total. The van der Waals surface area contributed by atoms with Gasteiger partial charge in [0.15, 0.2) is 6.29 Å². The van der Waals surface area contributed by atoms with Gasteiger partial charge in [-0.05, 0) is 37.9 Å². The highest BCUT2D eigenvalue weighted by Gasteiger charge is 2.00. The van der Waals surface area contributed by atoms with Gasteiger partial charge in [-0.25, -0.2) is 9.63 Å². The van der Waals surface area contributed by atoms with Crippen LogP contribution in [0, 0.1) is 0 Å². The molecule has 5 nitrogen and oxygen atoms in total. The van der Waals surface area contributed by atoms with Gasteiger partial charge in [-0.3, -0.25) is 4.79 Å². The first-order chi connectivity index (χ1) is 12.1. The first-order valence-electron chi connectivity index (χ1n) is 7.48. The van der Waals surface area contributed by atoms with Crippen molar-refractivity contribution in [3.8, 4) is 0 Å². The third-order valence-electron chi connectivity index (χ3n) is 2.83. The lowest BCUT2D eigenvalue weighted by Crippen LogP contribution is -2.04. The minimum atomic E-state index is -1.05. The lowest BCUT2D eigenvalue weighted by Gasteiger charge is -2.02. The summed E-state index contributed by atoms with van der Waals surface area (Å²) in [4.78, 5) is 24.6. The summed E-state index contributed by atoms with van der Waals surface area (Å²) in [5.74, 6) is -1.05. The predicted molar refractivity (Wildman–Crippen MR) is 103 cm³/mol. The van der Waals surface area contributed by atoms with Crippen molar-refractivity contribution < 1.29 is 14.7 Å². The molecule has 0 spiro atoms. The van der Waals surface area contributed by atoms with Crippen molar-refractivity contribution in [2.45, 2.75) is 13.8 Å². The van der Waals surface area contributed by atoms with Crippen molar-refractivity contribution in [2.24, 2.45) is 5.10 Å². The van der Waals surface area contributed by atoms with Crippen LogP contribution in [0.3, 0.4) is 0 Å². The summed E-state index contributed by atoms with van der Waals surface area (Å²) < 4.78 is 0. The zero-order valence-corrected chi connectivity index (χ0v) is 14.9. The van der Waals surface area contributed by atoms with Crippen molar-refractivity contribution in [2.75, 3.05) is 0 Å². The van der Waals surface area contributed by atoms with E-state index < -0.39 is 5.97 Å². The molecule has 0 radical (unpaired) electrons. The van der Waals surface area contributed by atoms with Gasteiger partial charge in [-0.2, -0.15) is 5.10 Å². The van der Waals surface area contributed by atoms with E-state index in [1.54, 1.807) is 11.5 Å². The zero-order chi connectivity index (χ0) is 18.5. The number of carboxylic acids is 1. The number of carbonyl (C=O) groups excluding carboxylic acids is 1. The minimum Gasteiger partial charge on any atom is -0.478 e. The summed E-state index contributed by atoms with van der Waals surface area (Å²) >= 11 is 1.12. The summed E-state index contributed by atoms with van der Waals surface area (Å²) in [7, 11) is 0. The molecule has 1 rings (SSSR count). The van der Waals surface area contributed by atoms with E-state index in [2.05, 4.69) is 9.93 Å². The summed E-state index contributed by atoms with van der Waals surface area (Å²) in [6.45, 7) is 3.81. The molecule has 0 saturated carbocycles. The average Bonchev–Trinajstić information content (AvgIpc) is 2.60. The van der Waals surface area contributed by atoms with Gasteiger partial charge < -0.3 is 5.11 Å². The third-order valence-corrected chi connectivity index (χ3v) is 3.41. The largest absolute Gasteiger partial charge is 0.478 e. The van der Waals surface area contributed by atoms with Crippen molar-refractivity contribution in [1.82, 2.24) is 4.83 Å². The number of hydrazone groups is 1. The van der Waals surface area contributed by atoms with E-state index in [1.165, 1.54) is 6.08 Å². The standard InChI is InChI=1S/C19H20N2O3S/c1-3-7-15(2)12-16(13-22)14-25-21-20-18(10-11-19(23)24)17-8-5-4-6-9-17/h3-14,21H,1-2H3,(H,23,24)/b7-3-,11-10+,15-12-,16-14-,20-18+. The van der Waals surface area contributed by atoms with Gasteiger partial charge in [0.2, 0.25) is 0 Å². The number of hydrogen-bond acceptors (Lipinski definition) is 5. The lowest BCUT2D eigenvalue weighted by molar-refractivity contribution is -0.131. The molecular weight excluding hydrogens is 336 g/mol. The van der Waals surface area contributed by atoms with Crippen molar-refractivity contribution >= 4 is 29.9 Å². The van der Waals surface area contributed by atoms with Crippen LogP contribution in [-0.2, 0) is 9.59 Å². The van der Waals surface area contributed by atoms with E-state index in [0.717, 1.165) is 35.4 Å². The van der Waals surface area contributed by atoms with Crippen LogP contribution >= 0.6 is 11.9 Å². The van der Waals surface area contributed by atoms with E-state index in [4.69, 9.17) is 5.11 Å². The van der Waals surface area contributed by atoms with Gasteiger partial charge in [0.1, 0.15) is 0 Å². The number of rotatable bonds is 9. The van der Waals surface area contributed by atoms with E-state index in [0.29, 0.717) is 11.3 Å². The zero-order valence-electron chi connectivity index (χ0n) is 14.0. The Balaban J connectivity index is 2.86. The topological polar surface area (TPSA) is 78.8 Å². The summed E-state index contributed by atoms with van der Waals surface area (Å²) in [5, 5.41) is 14.6. The Morgan fingerprint density at radius 2 is 1.92 bits per heavy atom. The predicted octanol–water partition coefficient (Wildman–Crippen LogP) is 3.87. The normalized spacial score (nSPS) is 13.4. The molecule has 1 aromatic rings. The summed E-state index contributed by atoms with van der Waals surface area (Å²) in [6.07, 6.45) is 8.74. The number of benzene rings is 1. The number of nitrogens with one attached hydrogen (secondary N) is 1. The molecule has 0 aromatic heterocycles. The maximum absolute atomic E-state index is 11.1. The van der Waals surface area contributed by atoms with Gasteiger partial charge in [0.25, 0.3) is 0 Å². The van der Waals surface area contributed by atoms with Gasteiger partial charge in [0, 0.05) is 22.6 Å². The molecule has 0 bridgehead atoms. The van der Waals surface area contributed by atoms with Crippen LogP contribution in [0.15, 0.2) is 82.4 Å². The Morgan fingerprint density at radius 3 is 2.52 bits per heavy atom. The second kappa shape index (κ2) is 11.6. The highest BCUT2D eigenvalue weighted by Crippen LogP contribution is 2.08. The Kier molecular flexibility index (Phi) is 9.40. The van der Waals surface area contributed by atoms with Crippen LogP contribution in [0.25, 0.3) is 0 Å². The molecule has 0 aliphatic rings. The highest BCUT2D eigenvalue weighted by atomic mass is 32.2. The first kappa shape index (κ1) is 20.2. The number of nitrogens with zero attached hydrogens (tertiary/aromatic N) is 1. The minimum absolute atomic E-state index is 0.470. The Morgan fingerprint density at radius 1 is 1.20 bits per heavy atom. The molecule has 130 valence electrons. The van der Waals surface area contributed by atoms with Crippen LogP contribution in [0.5, 0.6) is 0 Å². The van der Waals surface area contributed by atoms with Gasteiger partial charge in [-0.1, -0.05) is 48.1 Å². The lowest BCUT2D eigenvalue weighted by atomic mass is 10.1. The van der Waals surface area contributed by atoms with E-state index in [1.807, 2.05) is 56.3 Å². The molecule has 0 unspecified atom stereocenters. The van der Waals surface area contributed by atoms with E-state index in [-0.39, 0.29) is 0 Å². The van der Waals surface area contributed by atoms with Gasteiger partial charge in [0.05, 0.1) is 5.71 Å². The van der Waals surface area contributed by atoms with Crippen molar-refractivity contribution in [3.05, 3.63) is 82.8 Å². The Bertz CT molecular complexity index is 732. The Hall–Kier alpha value is -2.86. The first-order valence-corrected chi connectivity index (χ1v) is 8.36. The number of hydrogen-bond donors (Lipinski definition) is 2. The van der Waals surface area contributed by atoms with E-state index in [9.17, 15) is 9.59 Å². The second-order valence-corrected chi connectivity index (χ2v) is 5.52. The number of aliphatic carboxylic acids is 1. The van der Waals surface area contributed by atoms with Crippen LogP contribution in [0.2, 0.25) is 0 Å². The molecule has 0 heterocycles. The smallest absolute Gasteiger partial charge is 0.328 e. The van der Waals surface area contributed by atoms with Crippen LogP contribution in [0.4, 0.5) is 0 Å². The third kappa shape index (κ3) is 8.53. The molecule has 0 aliphatic heterocycles. The maximum Gasteiger partial charge on any atom is 0.328 e. The Labute approximate surface area is 151 Å². The molecule has 0 fully saturated rings. The van der Waals surface area contributed by atoms with Crippen LogP contribution in [-0.4, -0.2) is 23.1 Å². The summed E-state index contributed by atoms with van der Waals surface area (Å²) in [5.41, 5.74) is 2.71. The molecule has 0 amide bonds. The average molecular weight is 356 g/mol.